The van der Waals surface area contributed by atoms with Gasteiger partial charge >= 0.3 is 0 Å². The molecular weight excluding hydrogens is 329 g/mol. The topological polar surface area (TPSA) is 38.1 Å². The molecule has 3 rings (SSSR count). The quantitative estimate of drug-likeness (QED) is 0.645. The first kappa shape index (κ1) is 17.9. The summed E-state index contributed by atoms with van der Waals surface area (Å²) in [5, 5.41) is 4.36. The standard InChI is InChI=1S/C21H22FN3O/c1-2-24(15-17-7-6-8-19(22)13-17)21(26)12-11-18-14-23-25(16-18)20-9-4-3-5-10-20/h3-10,13-14,16H,2,11-12,15H2,1H3. The average molecular weight is 351 g/mol. The van der Waals surface area contributed by atoms with E-state index in [1.807, 2.05) is 54.2 Å². The molecule has 0 aliphatic carbocycles. The number of para-hydroxylation sites is 1. The van der Waals surface area contributed by atoms with Crippen LogP contribution >= 0.6 is 0 Å². The van der Waals surface area contributed by atoms with Gasteiger partial charge in [-0.3, -0.25) is 4.79 Å². The van der Waals surface area contributed by atoms with Crippen molar-refractivity contribution in [1.82, 2.24) is 14.7 Å². The molecule has 0 radical (unpaired) electrons. The van der Waals surface area contributed by atoms with Gasteiger partial charge in [-0.05, 0) is 48.7 Å². The Labute approximate surface area is 152 Å². The monoisotopic (exact) mass is 351 g/mol. The molecule has 0 atom stereocenters. The van der Waals surface area contributed by atoms with Crippen molar-refractivity contribution in [1.29, 1.82) is 0 Å². The fraction of sp³-hybridized carbons (Fsp3) is 0.238. The SMILES string of the molecule is CCN(Cc1cccc(F)c1)C(=O)CCc1cnn(-c2ccccc2)c1. The second-order valence-electron chi connectivity index (χ2n) is 6.17. The van der Waals surface area contributed by atoms with Gasteiger partial charge in [-0.1, -0.05) is 30.3 Å². The largest absolute Gasteiger partial charge is 0.339 e. The molecule has 1 heterocycles. The van der Waals surface area contributed by atoms with Gasteiger partial charge in [0.25, 0.3) is 0 Å². The van der Waals surface area contributed by atoms with Crippen molar-refractivity contribution >= 4 is 5.91 Å². The third-order valence-electron chi connectivity index (χ3n) is 4.28. The van der Waals surface area contributed by atoms with E-state index in [0.29, 0.717) is 25.9 Å². The van der Waals surface area contributed by atoms with E-state index >= 15 is 0 Å². The van der Waals surface area contributed by atoms with Crippen LogP contribution in [0, 0.1) is 5.82 Å². The van der Waals surface area contributed by atoms with Gasteiger partial charge in [-0.2, -0.15) is 5.10 Å². The maximum absolute atomic E-state index is 13.3. The Balaban J connectivity index is 1.58. The zero-order valence-corrected chi connectivity index (χ0v) is 14.8. The molecule has 0 saturated carbocycles. The molecule has 3 aromatic rings. The van der Waals surface area contributed by atoms with Crippen LogP contribution in [0.4, 0.5) is 4.39 Å². The van der Waals surface area contributed by atoms with Crippen LogP contribution in [0.1, 0.15) is 24.5 Å². The van der Waals surface area contributed by atoms with Gasteiger partial charge in [0.1, 0.15) is 5.82 Å². The number of carbonyl (C=O) groups excluding carboxylic acids is 1. The van der Waals surface area contributed by atoms with E-state index in [0.717, 1.165) is 16.8 Å². The summed E-state index contributed by atoms with van der Waals surface area (Å²) in [5.74, 6) is -0.219. The molecule has 0 unspecified atom stereocenters. The second-order valence-corrected chi connectivity index (χ2v) is 6.17. The molecule has 0 N–H and O–H groups in total. The van der Waals surface area contributed by atoms with Crippen LogP contribution in [0.3, 0.4) is 0 Å². The smallest absolute Gasteiger partial charge is 0.223 e. The van der Waals surface area contributed by atoms with E-state index in [2.05, 4.69) is 5.10 Å². The number of hydrogen-bond donors (Lipinski definition) is 0. The number of rotatable bonds is 7. The van der Waals surface area contributed by atoms with Crippen molar-refractivity contribution in [2.75, 3.05) is 6.54 Å². The minimum absolute atomic E-state index is 0.0595. The number of carbonyl (C=O) groups is 1. The molecule has 26 heavy (non-hydrogen) atoms. The van der Waals surface area contributed by atoms with E-state index in [1.54, 1.807) is 17.2 Å². The van der Waals surface area contributed by atoms with Gasteiger partial charge in [-0.25, -0.2) is 9.07 Å². The summed E-state index contributed by atoms with van der Waals surface area (Å²) in [6.45, 7) is 2.96. The fourth-order valence-corrected chi connectivity index (χ4v) is 2.85. The number of aromatic nitrogens is 2. The molecule has 0 aliphatic rings. The summed E-state index contributed by atoms with van der Waals surface area (Å²) >= 11 is 0. The lowest BCUT2D eigenvalue weighted by atomic mass is 10.1. The number of halogens is 1. The van der Waals surface area contributed by atoms with E-state index in [4.69, 9.17) is 0 Å². The normalized spacial score (nSPS) is 10.7. The highest BCUT2D eigenvalue weighted by Crippen LogP contribution is 2.12. The average Bonchev–Trinajstić information content (AvgIpc) is 3.14. The Kier molecular flexibility index (Phi) is 5.79. The summed E-state index contributed by atoms with van der Waals surface area (Å²) in [6, 6.07) is 16.2. The zero-order valence-electron chi connectivity index (χ0n) is 14.8. The van der Waals surface area contributed by atoms with E-state index in [1.165, 1.54) is 12.1 Å². The Morgan fingerprint density at radius 1 is 1.12 bits per heavy atom. The Morgan fingerprint density at radius 2 is 1.92 bits per heavy atom. The second kappa shape index (κ2) is 8.43. The van der Waals surface area contributed by atoms with Crippen LogP contribution in [0.5, 0.6) is 0 Å². The predicted molar refractivity (Wildman–Crippen MR) is 99.4 cm³/mol. The molecule has 134 valence electrons. The first-order chi connectivity index (χ1) is 12.7. The lowest BCUT2D eigenvalue weighted by molar-refractivity contribution is -0.131. The van der Waals surface area contributed by atoms with Crippen molar-refractivity contribution in [3.8, 4) is 5.69 Å². The molecule has 0 fully saturated rings. The Hall–Kier alpha value is -2.95. The summed E-state index contributed by atoms with van der Waals surface area (Å²) in [5.41, 5.74) is 2.81. The van der Waals surface area contributed by atoms with Crippen molar-refractivity contribution in [2.45, 2.75) is 26.3 Å². The highest BCUT2D eigenvalue weighted by molar-refractivity contribution is 5.76. The number of aryl methyl sites for hydroxylation is 1. The van der Waals surface area contributed by atoms with Crippen LogP contribution in [0.15, 0.2) is 67.0 Å². The van der Waals surface area contributed by atoms with Crippen molar-refractivity contribution < 1.29 is 9.18 Å². The van der Waals surface area contributed by atoms with Crippen LogP contribution in [0.2, 0.25) is 0 Å². The van der Waals surface area contributed by atoms with E-state index in [-0.39, 0.29) is 11.7 Å². The molecule has 4 nitrogen and oxygen atoms in total. The number of nitrogens with zero attached hydrogens (tertiary/aromatic N) is 3. The molecule has 0 bridgehead atoms. The lowest BCUT2D eigenvalue weighted by Gasteiger charge is -2.21. The molecular formula is C21H22FN3O. The first-order valence-corrected chi connectivity index (χ1v) is 8.77. The van der Waals surface area contributed by atoms with Gasteiger partial charge in [0, 0.05) is 25.7 Å². The third kappa shape index (κ3) is 4.57. The first-order valence-electron chi connectivity index (χ1n) is 8.77. The molecule has 0 saturated heterocycles. The summed E-state index contributed by atoms with van der Waals surface area (Å²) in [4.78, 5) is 14.3. The predicted octanol–water partition coefficient (Wildman–Crippen LogP) is 3.99. The Morgan fingerprint density at radius 3 is 2.65 bits per heavy atom. The zero-order chi connectivity index (χ0) is 18.4. The minimum Gasteiger partial charge on any atom is -0.339 e. The fourth-order valence-electron chi connectivity index (χ4n) is 2.85. The molecule has 5 heteroatoms. The van der Waals surface area contributed by atoms with Gasteiger partial charge in [-0.15, -0.1) is 0 Å². The molecule has 1 aromatic heterocycles. The number of hydrogen-bond acceptors (Lipinski definition) is 2. The van der Waals surface area contributed by atoms with Crippen molar-refractivity contribution in [3.05, 3.63) is 83.9 Å². The number of benzene rings is 2. The highest BCUT2D eigenvalue weighted by atomic mass is 19.1. The third-order valence-corrected chi connectivity index (χ3v) is 4.28. The van der Waals surface area contributed by atoms with Crippen LogP contribution in [0.25, 0.3) is 5.69 Å². The van der Waals surface area contributed by atoms with E-state index < -0.39 is 0 Å². The van der Waals surface area contributed by atoms with Gasteiger partial charge in [0.15, 0.2) is 0 Å². The maximum atomic E-state index is 13.3. The maximum Gasteiger partial charge on any atom is 0.223 e. The molecule has 0 spiro atoms. The summed E-state index contributed by atoms with van der Waals surface area (Å²) in [7, 11) is 0. The highest BCUT2D eigenvalue weighted by Gasteiger charge is 2.13. The van der Waals surface area contributed by atoms with Crippen LogP contribution < -0.4 is 0 Å². The minimum atomic E-state index is -0.278. The van der Waals surface area contributed by atoms with Gasteiger partial charge < -0.3 is 4.90 Å². The van der Waals surface area contributed by atoms with Crippen molar-refractivity contribution in [2.24, 2.45) is 0 Å². The van der Waals surface area contributed by atoms with Crippen LogP contribution in [-0.2, 0) is 17.8 Å². The van der Waals surface area contributed by atoms with Crippen LogP contribution in [-0.4, -0.2) is 27.1 Å². The Bertz CT molecular complexity index is 860. The van der Waals surface area contributed by atoms with E-state index in [9.17, 15) is 9.18 Å². The number of amides is 1. The van der Waals surface area contributed by atoms with Gasteiger partial charge in [0.2, 0.25) is 5.91 Å². The summed E-state index contributed by atoms with van der Waals surface area (Å²) in [6.07, 6.45) is 4.78. The molecule has 0 aliphatic heterocycles. The molecule has 1 amide bonds. The summed E-state index contributed by atoms with van der Waals surface area (Å²) < 4.78 is 15.1. The molecule has 2 aromatic carbocycles. The lowest BCUT2D eigenvalue weighted by Crippen LogP contribution is -2.30. The van der Waals surface area contributed by atoms with Crippen molar-refractivity contribution in [3.63, 3.8) is 0 Å². The van der Waals surface area contributed by atoms with Gasteiger partial charge in [0.05, 0.1) is 11.9 Å².